The molecule has 0 radical (unpaired) electrons. The van der Waals surface area contributed by atoms with Crippen molar-refractivity contribution in [3.63, 3.8) is 0 Å². The van der Waals surface area contributed by atoms with Crippen LogP contribution in [0.3, 0.4) is 0 Å². The number of fused-ring (bicyclic) bond motifs is 1. The number of aromatic nitrogens is 1. The molecule has 27 heavy (non-hydrogen) atoms. The van der Waals surface area contributed by atoms with Crippen molar-refractivity contribution < 1.29 is 15.0 Å². The van der Waals surface area contributed by atoms with Crippen LogP contribution in [0.25, 0.3) is 16.9 Å². The lowest BCUT2D eigenvalue weighted by molar-refractivity contribution is 0.0693. The molecule has 134 valence electrons. The lowest BCUT2D eigenvalue weighted by atomic mass is 9.98. The Morgan fingerprint density at radius 3 is 2.48 bits per heavy atom. The second-order valence-electron chi connectivity index (χ2n) is 6.74. The summed E-state index contributed by atoms with van der Waals surface area (Å²) in [5, 5.41) is 28.3. The molecule has 0 aliphatic heterocycles. The zero-order valence-electron chi connectivity index (χ0n) is 14.6. The van der Waals surface area contributed by atoms with Gasteiger partial charge < -0.3 is 14.8 Å². The molecule has 3 aromatic rings. The highest BCUT2D eigenvalue weighted by Gasteiger charge is 2.21. The van der Waals surface area contributed by atoms with Crippen LogP contribution < -0.4 is 0 Å². The van der Waals surface area contributed by atoms with Gasteiger partial charge in [0.05, 0.1) is 17.3 Å². The van der Waals surface area contributed by atoms with Gasteiger partial charge in [-0.15, -0.1) is 0 Å². The summed E-state index contributed by atoms with van der Waals surface area (Å²) in [6, 6.07) is 16.4. The molecular formula is C22H18N2O3. The average Bonchev–Trinajstić information content (AvgIpc) is 3.08. The Hall–Kier alpha value is -3.52. The molecule has 1 aromatic heterocycles. The number of phenols is 1. The van der Waals surface area contributed by atoms with Crippen molar-refractivity contribution in [1.82, 2.24) is 4.57 Å². The van der Waals surface area contributed by atoms with Crippen LogP contribution in [0.2, 0.25) is 0 Å². The van der Waals surface area contributed by atoms with Crippen LogP contribution in [0.1, 0.15) is 40.0 Å². The maximum absolute atomic E-state index is 11.5. The van der Waals surface area contributed by atoms with Gasteiger partial charge in [-0.2, -0.15) is 5.26 Å². The smallest absolute Gasteiger partial charge is 0.339 e. The van der Waals surface area contributed by atoms with Gasteiger partial charge in [-0.1, -0.05) is 12.1 Å². The van der Waals surface area contributed by atoms with Crippen LogP contribution in [0.5, 0.6) is 5.75 Å². The summed E-state index contributed by atoms with van der Waals surface area (Å²) in [5.74, 6) is -1.40. The molecule has 1 aliphatic rings. The first-order valence-corrected chi connectivity index (χ1v) is 8.89. The molecule has 1 heterocycles. The van der Waals surface area contributed by atoms with Gasteiger partial charge in [0.15, 0.2) is 0 Å². The van der Waals surface area contributed by atoms with E-state index in [4.69, 9.17) is 5.26 Å². The van der Waals surface area contributed by atoms with Gasteiger partial charge in [0.2, 0.25) is 0 Å². The fourth-order valence-corrected chi connectivity index (χ4v) is 3.76. The number of hydrogen-bond donors (Lipinski definition) is 2. The van der Waals surface area contributed by atoms with E-state index in [0.717, 1.165) is 36.9 Å². The molecule has 4 rings (SSSR count). The predicted octanol–water partition coefficient (Wildman–Crippen LogP) is 4.30. The molecule has 0 fully saturated rings. The Morgan fingerprint density at radius 2 is 1.78 bits per heavy atom. The van der Waals surface area contributed by atoms with E-state index >= 15 is 0 Å². The minimum atomic E-state index is -1.16. The van der Waals surface area contributed by atoms with Crippen LogP contribution in [0.15, 0.2) is 48.5 Å². The highest BCUT2D eigenvalue weighted by Crippen LogP contribution is 2.35. The summed E-state index contributed by atoms with van der Waals surface area (Å²) in [6.45, 7) is 0. The van der Waals surface area contributed by atoms with Gasteiger partial charge in [0.1, 0.15) is 11.3 Å². The Labute approximate surface area is 156 Å². The lowest BCUT2D eigenvalue weighted by Crippen LogP contribution is -2.08. The molecule has 0 bridgehead atoms. The average molecular weight is 358 g/mol. The predicted molar refractivity (Wildman–Crippen MR) is 101 cm³/mol. The van der Waals surface area contributed by atoms with Crippen molar-refractivity contribution in [2.45, 2.75) is 25.7 Å². The quantitative estimate of drug-likeness (QED) is 0.731. The number of hydrogen-bond acceptors (Lipinski definition) is 3. The van der Waals surface area contributed by atoms with E-state index in [0.29, 0.717) is 11.3 Å². The van der Waals surface area contributed by atoms with E-state index in [-0.39, 0.29) is 11.3 Å². The fourth-order valence-electron chi connectivity index (χ4n) is 3.76. The normalized spacial score (nSPS) is 13.0. The van der Waals surface area contributed by atoms with E-state index in [1.165, 1.54) is 23.4 Å². The molecule has 1 aliphatic carbocycles. The minimum absolute atomic E-state index is 0.114. The number of aryl methyl sites for hydroxylation is 1. The third-order valence-electron chi connectivity index (χ3n) is 5.08. The Morgan fingerprint density at radius 1 is 1.04 bits per heavy atom. The first-order chi connectivity index (χ1) is 13.1. The molecule has 0 spiro atoms. The maximum Gasteiger partial charge on any atom is 0.339 e. The van der Waals surface area contributed by atoms with Crippen molar-refractivity contribution in [3.8, 4) is 28.8 Å². The van der Waals surface area contributed by atoms with Gasteiger partial charge in [-0.25, -0.2) is 4.79 Å². The van der Waals surface area contributed by atoms with Gasteiger partial charge >= 0.3 is 5.97 Å². The zero-order chi connectivity index (χ0) is 19.0. The third-order valence-corrected chi connectivity index (χ3v) is 5.08. The number of carboxylic acid groups (broad SMARTS) is 1. The van der Waals surface area contributed by atoms with Crippen LogP contribution in [0, 0.1) is 11.3 Å². The molecule has 0 saturated carbocycles. The van der Waals surface area contributed by atoms with Crippen molar-refractivity contribution in [1.29, 1.82) is 5.26 Å². The number of benzene rings is 2. The van der Waals surface area contributed by atoms with Gasteiger partial charge in [-0.05, 0) is 73.2 Å². The summed E-state index contributed by atoms with van der Waals surface area (Å²) in [6.07, 6.45) is 4.15. The standard InChI is InChI=1S/C22H18N2O3/c23-13-14-5-7-15(8-6-14)20-11-16-3-1-2-4-19(16)24(20)17-9-10-21(25)18(12-17)22(26)27/h5-12,25H,1-4H2,(H,26,27). The first kappa shape index (κ1) is 16.9. The molecule has 0 amide bonds. The van der Waals surface area contributed by atoms with Gasteiger partial charge in [0, 0.05) is 11.4 Å². The molecule has 5 nitrogen and oxygen atoms in total. The van der Waals surface area contributed by atoms with Crippen LogP contribution in [0.4, 0.5) is 0 Å². The molecule has 0 atom stereocenters. The van der Waals surface area contributed by atoms with Crippen molar-refractivity contribution in [3.05, 3.63) is 70.9 Å². The number of aromatic carboxylic acids is 1. The Bertz CT molecular complexity index is 1070. The third kappa shape index (κ3) is 2.96. The molecule has 0 unspecified atom stereocenters. The molecule has 2 aromatic carbocycles. The highest BCUT2D eigenvalue weighted by molar-refractivity contribution is 5.91. The monoisotopic (exact) mass is 358 g/mol. The highest BCUT2D eigenvalue weighted by atomic mass is 16.4. The SMILES string of the molecule is N#Cc1ccc(-c2cc3c(n2-c2ccc(O)c(C(=O)O)c2)CCCC3)cc1. The van der Waals surface area contributed by atoms with Gasteiger partial charge in [0.25, 0.3) is 0 Å². The fraction of sp³-hybridized carbons (Fsp3) is 0.182. The van der Waals surface area contributed by atoms with Crippen molar-refractivity contribution in [2.75, 3.05) is 0 Å². The summed E-state index contributed by atoms with van der Waals surface area (Å²) in [7, 11) is 0. The zero-order valence-corrected chi connectivity index (χ0v) is 14.6. The van der Waals surface area contributed by atoms with E-state index in [9.17, 15) is 15.0 Å². The maximum atomic E-state index is 11.5. The van der Waals surface area contributed by atoms with Crippen molar-refractivity contribution >= 4 is 5.97 Å². The molecule has 5 heteroatoms. The number of nitriles is 1. The second-order valence-corrected chi connectivity index (χ2v) is 6.74. The summed E-state index contributed by atoms with van der Waals surface area (Å²) < 4.78 is 2.09. The minimum Gasteiger partial charge on any atom is -0.507 e. The number of carbonyl (C=O) groups is 1. The lowest BCUT2D eigenvalue weighted by Gasteiger charge is -2.18. The number of carboxylic acids is 1. The largest absolute Gasteiger partial charge is 0.507 e. The Balaban J connectivity index is 1.93. The number of rotatable bonds is 3. The van der Waals surface area contributed by atoms with E-state index in [2.05, 4.69) is 16.7 Å². The molecule has 2 N–H and O–H groups in total. The molecular weight excluding hydrogens is 340 g/mol. The molecule has 0 saturated heterocycles. The van der Waals surface area contributed by atoms with Crippen LogP contribution in [-0.2, 0) is 12.8 Å². The number of nitrogens with zero attached hydrogens (tertiary/aromatic N) is 2. The summed E-state index contributed by atoms with van der Waals surface area (Å²) in [5.41, 5.74) is 5.58. The van der Waals surface area contributed by atoms with E-state index < -0.39 is 5.97 Å². The Kier molecular flexibility index (Phi) is 4.17. The van der Waals surface area contributed by atoms with Crippen LogP contribution in [-0.4, -0.2) is 20.7 Å². The summed E-state index contributed by atoms with van der Waals surface area (Å²) in [4.78, 5) is 11.5. The topological polar surface area (TPSA) is 86.3 Å². The summed E-state index contributed by atoms with van der Waals surface area (Å²) >= 11 is 0. The first-order valence-electron chi connectivity index (χ1n) is 8.89. The van der Waals surface area contributed by atoms with E-state index in [1.807, 2.05) is 12.1 Å². The van der Waals surface area contributed by atoms with Crippen molar-refractivity contribution in [2.24, 2.45) is 0 Å². The number of aromatic hydroxyl groups is 1. The second kappa shape index (κ2) is 6.65. The van der Waals surface area contributed by atoms with Gasteiger partial charge in [-0.3, -0.25) is 0 Å². The van der Waals surface area contributed by atoms with Crippen LogP contribution >= 0.6 is 0 Å². The van der Waals surface area contributed by atoms with E-state index in [1.54, 1.807) is 18.2 Å².